The molecule has 0 aromatic heterocycles. The average Bonchev–Trinajstić information content (AvgIpc) is 2.28. The highest BCUT2D eigenvalue weighted by Crippen LogP contribution is 2.17. The molecule has 0 aromatic rings. The van der Waals surface area contributed by atoms with Gasteiger partial charge in [0.1, 0.15) is 0 Å². The van der Waals surface area contributed by atoms with Gasteiger partial charge in [0.2, 0.25) is 0 Å². The minimum Gasteiger partial charge on any atom is -0.396 e. The molecule has 16 heavy (non-hydrogen) atoms. The molecule has 0 spiro atoms. The minimum absolute atomic E-state index is 0.0801. The number of carbonyl (C=O) groups is 1. The van der Waals surface area contributed by atoms with Crippen LogP contribution in [0.5, 0.6) is 0 Å². The number of hydrogen-bond acceptors (Lipinski definition) is 2. The van der Waals surface area contributed by atoms with Crippen LogP contribution in [-0.4, -0.2) is 30.3 Å². The molecular weight excluding hydrogens is 204 g/mol. The maximum absolute atomic E-state index is 11.6. The normalized spacial score (nSPS) is 18.2. The fraction of sp³-hybridized carbons (Fsp3) is 0.917. The topological polar surface area (TPSA) is 61.4 Å². The van der Waals surface area contributed by atoms with Crippen molar-refractivity contribution in [1.29, 1.82) is 0 Å². The highest BCUT2D eigenvalue weighted by atomic mass is 16.3. The lowest BCUT2D eigenvalue weighted by atomic mass is 9.95. The van der Waals surface area contributed by atoms with E-state index in [9.17, 15) is 4.79 Å². The summed E-state index contributed by atoms with van der Waals surface area (Å²) >= 11 is 0. The van der Waals surface area contributed by atoms with E-state index in [0.717, 1.165) is 12.8 Å². The number of rotatable bonds is 4. The van der Waals surface area contributed by atoms with Gasteiger partial charge in [0.25, 0.3) is 0 Å². The van der Waals surface area contributed by atoms with Crippen LogP contribution >= 0.6 is 0 Å². The van der Waals surface area contributed by atoms with Crippen molar-refractivity contribution >= 4 is 6.03 Å². The maximum atomic E-state index is 11.6. The van der Waals surface area contributed by atoms with E-state index >= 15 is 0 Å². The number of nitrogens with one attached hydrogen (secondary N) is 2. The number of carbonyl (C=O) groups excluding carboxylic acids is 1. The summed E-state index contributed by atoms with van der Waals surface area (Å²) in [6.07, 6.45) is 5.91. The summed E-state index contributed by atoms with van der Waals surface area (Å²) in [5, 5.41) is 14.9. The Morgan fingerprint density at radius 2 is 1.94 bits per heavy atom. The summed E-state index contributed by atoms with van der Waals surface area (Å²) in [6.45, 7) is 4.43. The monoisotopic (exact) mass is 228 g/mol. The number of hydrogen-bond donors (Lipinski definition) is 3. The van der Waals surface area contributed by atoms with Crippen LogP contribution in [0.2, 0.25) is 0 Å². The van der Waals surface area contributed by atoms with Crippen LogP contribution < -0.4 is 10.6 Å². The Balaban J connectivity index is 2.19. The standard InChI is InChI=1S/C12H24N2O2/c1-12(2,9-15)8-13-11(16)14-10-6-4-3-5-7-10/h10,15H,3-9H2,1-2H3,(H2,13,14,16). The Hall–Kier alpha value is -0.770. The Morgan fingerprint density at radius 1 is 1.31 bits per heavy atom. The third-order valence-electron chi connectivity index (χ3n) is 3.10. The molecule has 1 aliphatic carbocycles. The van der Waals surface area contributed by atoms with Crippen molar-refractivity contribution < 1.29 is 9.90 Å². The van der Waals surface area contributed by atoms with Gasteiger partial charge in [-0.05, 0) is 12.8 Å². The first-order chi connectivity index (χ1) is 7.53. The van der Waals surface area contributed by atoms with Crippen LogP contribution in [-0.2, 0) is 0 Å². The zero-order chi connectivity index (χ0) is 12.0. The summed E-state index contributed by atoms with van der Waals surface area (Å²) < 4.78 is 0. The fourth-order valence-electron chi connectivity index (χ4n) is 1.86. The van der Waals surface area contributed by atoms with Crippen molar-refractivity contribution in [2.75, 3.05) is 13.2 Å². The van der Waals surface area contributed by atoms with E-state index in [1.807, 2.05) is 13.8 Å². The Labute approximate surface area is 97.8 Å². The molecule has 0 radical (unpaired) electrons. The van der Waals surface area contributed by atoms with E-state index in [1.54, 1.807) is 0 Å². The van der Waals surface area contributed by atoms with E-state index in [2.05, 4.69) is 10.6 Å². The smallest absolute Gasteiger partial charge is 0.315 e. The van der Waals surface area contributed by atoms with Gasteiger partial charge in [-0.1, -0.05) is 33.1 Å². The Bertz CT molecular complexity index is 223. The quantitative estimate of drug-likeness (QED) is 0.685. The molecule has 0 aromatic carbocycles. The lowest BCUT2D eigenvalue weighted by Crippen LogP contribution is -2.46. The molecule has 2 amide bonds. The van der Waals surface area contributed by atoms with Crippen molar-refractivity contribution in [2.24, 2.45) is 5.41 Å². The first-order valence-corrected chi connectivity index (χ1v) is 6.19. The molecule has 0 bridgehead atoms. The van der Waals surface area contributed by atoms with Gasteiger partial charge in [-0.2, -0.15) is 0 Å². The van der Waals surface area contributed by atoms with Gasteiger partial charge < -0.3 is 15.7 Å². The average molecular weight is 228 g/mol. The van der Waals surface area contributed by atoms with Crippen LogP contribution in [0.4, 0.5) is 4.79 Å². The molecule has 1 saturated carbocycles. The van der Waals surface area contributed by atoms with E-state index in [1.165, 1.54) is 19.3 Å². The van der Waals surface area contributed by atoms with E-state index in [-0.39, 0.29) is 18.1 Å². The van der Waals surface area contributed by atoms with Gasteiger partial charge in [0.05, 0.1) is 0 Å². The molecule has 1 fully saturated rings. The zero-order valence-electron chi connectivity index (χ0n) is 10.4. The second-order valence-corrected chi connectivity index (χ2v) is 5.48. The van der Waals surface area contributed by atoms with Crippen molar-refractivity contribution in [1.82, 2.24) is 10.6 Å². The predicted octanol–water partition coefficient (Wildman–Crippen LogP) is 1.64. The highest BCUT2D eigenvalue weighted by molar-refractivity contribution is 5.74. The van der Waals surface area contributed by atoms with Gasteiger partial charge in [-0.25, -0.2) is 4.79 Å². The number of urea groups is 1. The van der Waals surface area contributed by atoms with Crippen LogP contribution in [0.3, 0.4) is 0 Å². The SMILES string of the molecule is CC(C)(CO)CNC(=O)NC1CCCCC1. The number of aliphatic hydroxyl groups is 1. The van der Waals surface area contributed by atoms with Gasteiger partial charge >= 0.3 is 6.03 Å². The lowest BCUT2D eigenvalue weighted by molar-refractivity contribution is 0.156. The van der Waals surface area contributed by atoms with E-state index in [4.69, 9.17) is 5.11 Å². The predicted molar refractivity (Wildman–Crippen MR) is 64.3 cm³/mol. The zero-order valence-corrected chi connectivity index (χ0v) is 10.4. The summed E-state index contributed by atoms with van der Waals surface area (Å²) in [5.41, 5.74) is -0.246. The fourth-order valence-corrected chi connectivity index (χ4v) is 1.86. The number of aliphatic hydroxyl groups excluding tert-OH is 1. The molecule has 4 heteroatoms. The van der Waals surface area contributed by atoms with Gasteiger partial charge in [0, 0.05) is 24.6 Å². The minimum atomic E-state index is -0.246. The molecule has 94 valence electrons. The molecule has 3 N–H and O–H groups in total. The van der Waals surface area contributed by atoms with Crippen molar-refractivity contribution in [2.45, 2.75) is 52.0 Å². The molecule has 0 saturated heterocycles. The van der Waals surface area contributed by atoms with Crippen molar-refractivity contribution in [3.63, 3.8) is 0 Å². The van der Waals surface area contributed by atoms with Crippen LogP contribution in [0.1, 0.15) is 46.0 Å². The van der Waals surface area contributed by atoms with Crippen LogP contribution in [0.25, 0.3) is 0 Å². The van der Waals surface area contributed by atoms with Crippen LogP contribution in [0.15, 0.2) is 0 Å². The third kappa shape index (κ3) is 4.84. The van der Waals surface area contributed by atoms with Gasteiger partial charge in [-0.15, -0.1) is 0 Å². The molecule has 1 aliphatic rings. The molecule has 4 nitrogen and oxygen atoms in total. The lowest BCUT2D eigenvalue weighted by Gasteiger charge is -2.25. The Kier molecular flexibility index (Phi) is 5.06. The number of amides is 2. The van der Waals surface area contributed by atoms with Gasteiger partial charge in [0.15, 0.2) is 0 Å². The molecule has 1 rings (SSSR count). The summed E-state index contributed by atoms with van der Waals surface area (Å²) in [7, 11) is 0. The van der Waals surface area contributed by atoms with Crippen molar-refractivity contribution in [3.8, 4) is 0 Å². The first kappa shape index (κ1) is 13.3. The highest BCUT2D eigenvalue weighted by Gasteiger charge is 2.19. The van der Waals surface area contributed by atoms with Gasteiger partial charge in [-0.3, -0.25) is 0 Å². The first-order valence-electron chi connectivity index (χ1n) is 6.19. The molecule has 0 atom stereocenters. The van der Waals surface area contributed by atoms with E-state index in [0.29, 0.717) is 12.6 Å². The van der Waals surface area contributed by atoms with E-state index < -0.39 is 0 Å². The Morgan fingerprint density at radius 3 is 2.50 bits per heavy atom. The molecule has 0 aliphatic heterocycles. The molecular formula is C12H24N2O2. The summed E-state index contributed by atoms with van der Waals surface area (Å²) in [5.74, 6) is 0. The summed E-state index contributed by atoms with van der Waals surface area (Å²) in [4.78, 5) is 11.6. The maximum Gasteiger partial charge on any atom is 0.315 e. The molecule has 0 unspecified atom stereocenters. The second-order valence-electron chi connectivity index (χ2n) is 5.48. The van der Waals surface area contributed by atoms with Crippen molar-refractivity contribution in [3.05, 3.63) is 0 Å². The second kappa shape index (κ2) is 6.09. The summed E-state index contributed by atoms with van der Waals surface area (Å²) in [6, 6.07) is 0.236. The third-order valence-corrected chi connectivity index (χ3v) is 3.10. The largest absolute Gasteiger partial charge is 0.396 e. The van der Waals surface area contributed by atoms with Crippen LogP contribution in [0, 0.1) is 5.41 Å². The molecule has 0 heterocycles.